The van der Waals surface area contributed by atoms with E-state index in [2.05, 4.69) is 49.5 Å². The number of aliphatic hydroxyl groups excluding tert-OH is 7. The van der Waals surface area contributed by atoms with Crippen LogP contribution < -0.4 is 0 Å². The average Bonchev–Trinajstić information content (AvgIpc) is 3.32. The summed E-state index contributed by atoms with van der Waals surface area (Å²) >= 11 is 0. The van der Waals surface area contributed by atoms with E-state index in [1.165, 1.54) is 19.3 Å². The van der Waals surface area contributed by atoms with Crippen LogP contribution >= 0.6 is 7.82 Å². The molecule has 0 aromatic rings. The summed E-state index contributed by atoms with van der Waals surface area (Å²) < 4.78 is 33.3. The van der Waals surface area contributed by atoms with Gasteiger partial charge in [0.05, 0.1) is 18.8 Å². The molecule has 1 saturated carbocycles. The molecular formula is C53H81O15P. The van der Waals surface area contributed by atoms with Gasteiger partial charge in [-0.25, -0.2) is 4.57 Å². The number of aliphatic hydroxyl groups is 7. The van der Waals surface area contributed by atoms with E-state index in [1.54, 1.807) is 42.5 Å². The van der Waals surface area contributed by atoms with E-state index in [9.17, 15) is 54.8 Å². The summed E-state index contributed by atoms with van der Waals surface area (Å²) in [6, 6.07) is 0. The molecule has 8 N–H and O–H groups in total. The maximum atomic E-state index is 12.8. The summed E-state index contributed by atoms with van der Waals surface area (Å²) in [5, 5.41) is 70.3. The summed E-state index contributed by atoms with van der Waals surface area (Å²) in [5.74, 6) is -1.40. The highest BCUT2D eigenvalue weighted by atomic mass is 31.2. The van der Waals surface area contributed by atoms with Crippen LogP contribution in [0, 0.1) is 0 Å². The third-order valence-electron chi connectivity index (χ3n) is 10.2. The molecule has 1 rings (SSSR count). The van der Waals surface area contributed by atoms with Gasteiger partial charge in [0.25, 0.3) is 0 Å². The van der Waals surface area contributed by atoms with Gasteiger partial charge in [0, 0.05) is 12.8 Å². The third kappa shape index (κ3) is 33.2. The molecule has 1 fully saturated rings. The average molecular weight is 989 g/mol. The quantitative estimate of drug-likeness (QED) is 0.00969. The number of ether oxygens (including phenoxy) is 2. The monoisotopic (exact) mass is 989 g/mol. The number of hydrogen-bond acceptors (Lipinski definition) is 14. The normalized spacial score (nSPS) is 23.0. The molecule has 0 amide bonds. The smallest absolute Gasteiger partial charge is 0.462 e. The second-order valence-electron chi connectivity index (χ2n) is 16.3. The van der Waals surface area contributed by atoms with Crippen LogP contribution in [-0.4, -0.2) is 121 Å². The van der Waals surface area contributed by atoms with Gasteiger partial charge in [-0.3, -0.25) is 18.6 Å². The largest absolute Gasteiger partial charge is 0.472 e. The minimum absolute atomic E-state index is 0.00865. The molecule has 10 atom stereocenters. The lowest BCUT2D eigenvalue weighted by molar-refractivity contribution is -0.220. The maximum absolute atomic E-state index is 12.8. The van der Waals surface area contributed by atoms with Crippen LogP contribution in [0.4, 0.5) is 0 Å². The van der Waals surface area contributed by atoms with Crippen molar-refractivity contribution in [1.82, 2.24) is 0 Å². The van der Waals surface area contributed by atoms with Crippen LogP contribution in [0.15, 0.2) is 134 Å². The Bertz CT molecular complexity index is 1740. The maximum Gasteiger partial charge on any atom is 0.472 e. The first-order valence-electron chi connectivity index (χ1n) is 24.2. The van der Waals surface area contributed by atoms with Crippen LogP contribution in [-0.2, 0) is 32.7 Å². The molecule has 0 bridgehead atoms. The predicted octanol–water partition coefficient (Wildman–Crippen LogP) is 7.88. The van der Waals surface area contributed by atoms with Crippen molar-refractivity contribution in [2.24, 2.45) is 0 Å². The van der Waals surface area contributed by atoms with E-state index in [-0.39, 0.29) is 12.8 Å². The number of hydrogen-bond donors (Lipinski definition) is 8. The summed E-state index contributed by atoms with van der Waals surface area (Å²) in [6.45, 7) is 2.84. The van der Waals surface area contributed by atoms with Gasteiger partial charge in [0.2, 0.25) is 0 Å². The first kappa shape index (κ1) is 62.9. The molecule has 15 nitrogen and oxygen atoms in total. The molecule has 0 saturated heterocycles. The molecule has 1 aliphatic carbocycles. The first-order chi connectivity index (χ1) is 33.2. The molecule has 0 aliphatic heterocycles. The fourth-order valence-corrected chi connectivity index (χ4v) is 7.22. The van der Waals surface area contributed by atoms with Crippen molar-refractivity contribution < 1.29 is 73.3 Å². The van der Waals surface area contributed by atoms with Crippen molar-refractivity contribution in [3.63, 3.8) is 0 Å². The zero-order chi connectivity index (χ0) is 51.0. The van der Waals surface area contributed by atoms with Crippen LogP contribution in [0.3, 0.4) is 0 Å². The lowest BCUT2D eigenvalue weighted by Crippen LogP contribution is -2.64. The Kier molecular flexibility index (Phi) is 37.0. The fraction of sp³-hybridized carbons (Fsp3) is 0.547. The lowest BCUT2D eigenvalue weighted by Gasteiger charge is -2.41. The van der Waals surface area contributed by atoms with Crippen molar-refractivity contribution >= 4 is 19.8 Å². The number of carbonyl (C=O) groups is 2. The number of esters is 2. The van der Waals surface area contributed by atoms with Crippen molar-refractivity contribution in [2.75, 3.05) is 13.2 Å². The summed E-state index contributed by atoms with van der Waals surface area (Å²) in [7, 11) is -5.20. The van der Waals surface area contributed by atoms with Crippen LogP contribution in [0.5, 0.6) is 0 Å². The molecular weight excluding hydrogens is 908 g/mol. The summed E-state index contributed by atoms with van der Waals surface area (Å²) in [5.41, 5.74) is 0. The van der Waals surface area contributed by atoms with E-state index >= 15 is 0 Å². The van der Waals surface area contributed by atoms with E-state index in [4.69, 9.17) is 18.5 Å². The Balaban J connectivity index is 2.62. The summed E-state index contributed by atoms with van der Waals surface area (Å²) in [4.78, 5) is 35.7. The molecule has 388 valence electrons. The molecule has 0 aromatic carbocycles. The topological polar surface area (TPSA) is 250 Å². The zero-order valence-corrected chi connectivity index (χ0v) is 41.4. The molecule has 0 heterocycles. The SMILES string of the molecule is CC/C=C\C[C@H](O)/C=C/C=C\C/C=C\C=C\[C@H](O)/C=C\CCCC(=O)O[C@H](COC(=O)CC/C=C\C/C=C\C/C=C\C/C=C\C/C=C\CCCCC)COP(=O)(O)OC1[C@H](O)[C@H](O)C(O)[C@H](O)[C@H]1O. The predicted molar refractivity (Wildman–Crippen MR) is 269 cm³/mol. The molecule has 0 spiro atoms. The highest BCUT2D eigenvalue weighted by Gasteiger charge is 2.51. The molecule has 69 heavy (non-hydrogen) atoms. The highest BCUT2D eigenvalue weighted by Crippen LogP contribution is 2.47. The molecule has 1 aliphatic rings. The number of phosphoric acid groups is 1. The number of unbranched alkanes of at least 4 members (excludes halogenated alkanes) is 4. The van der Waals surface area contributed by atoms with Crippen molar-refractivity contribution in [1.29, 1.82) is 0 Å². The molecule has 16 heteroatoms. The number of phosphoric ester groups is 1. The van der Waals surface area contributed by atoms with Crippen LogP contribution in [0.1, 0.15) is 117 Å². The fourth-order valence-electron chi connectivity index (χ4n) is 6.24. The number of rotatable bonds is 37. The van der Waals surface area contributed by atoms with Crippen LogP contribution in [0.2, 0.25) is 0 Å². The number of allylic oxidation sites excluding steroid dienone is 18. The second kappa shape index (κ2) is 40.6. The van der Waals surface area contributed by atoms with E-state index in [0.29, 0.717) is 38.5 Å². The summed E-state index contributed by atoms with van der Waals surface area (Å²) in [6.07, 6.45) is 38.6. The Labute approximate surface area is 410 Å². The van der Waals surface area contributed by atoms with Crippen molar-refractivity contribution in [2.45, 2.75) is 172 Å². The van der Waals surface area contributed by atoms with Gasteiger partial charge in [-0.1, -0.05) is 160 Å². The van der Waals surface area contributed by atoms with Gasteiger partial charge in [-0.15, -0.1) is 0 Å². The highest BCUT2D eigenvalue weighted by molar-refractivity contribution is 7.47. The van der Waals surface area contributed by atoms with Crippen molar-refractivity contribution in [3.8, 4) is 0 Å². The van der Waals surface area contributed by atoms with E-state index < -0.39 is 87.9 Å². The Hall–Kier alpha value is -4.09. The van der Waals surface area contributed by atoms with Gasteiger partial charge in [0.1, 0.15) is 43.2 Å². The van der Waals surface area contributed by atoms with Gasteiger partial charge in [-0.05, 0) is 77.0 Å². The Morgan fingerprint density at radius 3 is 1.68 bits per heavy atom. The second-order valence-corrected chi connectivity index (χ2v) is 17.7. The first-order valence-corrected chi connectivity index (χ1v) is 25.7. The van der Waals surface area contributed by atoms with E-state index in [1.807, 2.05) is 55.5 Å². The molecule has 0 radical (unpaired) electrons. The minimum Gasteiger partial charge on any atom is -0.462 e. The van der Waals surface area contributed by atoms with Crippen molar-refractivity contribution in [3.05, 3.63) is 134 Å². The Morgan fingerprint density at radius 1 is 0.551 bits per heavy atom. The molecule has 3 unspecified atom stereocenters. The van der Waals surface area contributed by atoms with Gasteiger partial charge in [0.15, 0.2) is 6.10 Å². The van der Waals surface area contributed by atoms with Gasteiger partial charge in [-0.2, -0.15) is 0 Å². The molecule has 0 aromatic heterocycles. The van der Waals surface area contributed by atoms with Gasteiger partial charge >= 0.3 is 19.8 Å². The van der Waals surface area contributed by atoms with E-state index in [0.717, 1.165) is 32.1 Å². The van der Waals surface area contributed by atoms with Crippen LogP contribution in [0.25, 0.3) is 0 Å². The number of carbonyl (C=O) groups excluding carboxylic acids is 2. The Morgan fingerprint density at radius 2 is 1.09 bits per heavy atom. The van der Waals surface area contributed by atoms with Gasteiger partial charge < -0.3 is 50.1 Å². The minimum atomic E-state index is -5.20. The zero-order valence-electron chi connectivity index (χ0n) is 40.5. The third-order valence-corrected chi connectivity index (χ3v) is 11.1. The standard InChI is InChI=1S/C53H81O15P/c1-3-5-7-8-9-10-11-12-13-14-15-16-17-18-19-20-24-27-33-39-46(56)65-41-45(42-66-69(63,64)68-53-51(61)49(59)48(58)50(60)52(53)62)67-47(57)40-34-28-32-38-44(55)37-31-26-23-21-22-25-30-36-43(54)35-29-6-4-2/h6,9-10,12-13,15-16,18-19,22-27,29-32,36-38,43-45,48-55,58-62H,3-5,7-8,11,14,17,20-21,28,33-35,39-42H2,1-2H3,(H,63,64)/b10-9-,13-12-,16-15-,19-18-,25-22-,26-23-,27-24-,29-6-,36-30+,37-31+,38-32-/t43-,44-,45+,48?,49-,50+,51+,52+,53?/m0/s1. The lowest BCUT2D eigenvalue weighted by atomic mass is 9.85.